The van der Waals surface area contributed by atoms with Crippen LogP contribution in [0.25, 0.3) is 0 Å². The molecule has 1 aliphatic heterocycles. The van der Waals surface area contributed by atoms with Gasteiger partial charge in [-0.05, 0) is 43.2 Å². The van der Waals surface area contributed by atoms with Crippen LogP contribution in [-0.2, 0) is 16.0 Å². The minimum atomic E-state index is -4.70. The van der Waals surface area contributed by atoms with Crippen molar-refractivity contribution < 1.29 is 36.2 Å². The number of alkyl halides is 3. The highest BCUT2D eigenvalue weighted by atomic mass is 32.2. The standard InChI is InChI=1S/C20H21F3N4O4S/c1-19(2,29)13-10-15-12(11-27(26-15)7-8-32(3,30)31)9-16(13)25-18(28)14-5-4-6-17(24-14)20(21,22)23/h4-6,9-12,29H,7-8H2,1-3H3/p+1. The van der Waals surface area contributed by atoms with E-state index in [2.05, 4.69) is 15.4 Å². The molecule has 0 fully saturated rings. The highest BCUT2D eigenvalue weighted by molar-refractivity contribution is 7.90. The van der Waals surface area contributed by atoms with Crippen LogP contribution in [0.5, 0.6) is 0 Å². The first-order chi connectivity index (χ1) is 14.6. The summed E-state index contributed by atoms with van der Waals surface area (Å²) in [6.07, 6.45) is 1.24. The summed E-state index contributed by atoms with van der Waals surface area (Å²) in [5.74, 6) is -1.39. The monoisotopic (exact) mass is 471 g/mol. The zero-order chi connectivity index (χ0) is 23.9. The molecule has 3 rings (SSSR count). The Kier molecular flexibility index (Phi) is 6.13. The molecule has 1 atom stereocenters. The van der Waals surface area contributed by atoms with Gasteiger partial charge in [0, 0.05) is 17.5 Å². The van der Waals surface area contributed by atoms with E-state index in [4.69, 9.17) is 0 Å². The minimum Gasteiger partial charge on any atom is -0.386 e. The van der Waals surface area contributed by atoms with Crippen molar-refractivity contribution >= 4 is 27.7 Å². The van der Waals surface area contributed by atoms with E-state index in [0.29, 0.717) is 11.3 Å². The number of aliphatic hydroxyl groups is 1. The van der Waals surface area contributed by atoms with Crippen LogP contribution in [0.2, 0.25) is 0 Å². The van der Waals surface area contributed by atoms with Crippen LogP contribution in [0.3, 0.4) is 0 Å². The van der Waals surface area contributed by atoms with Crippen molar-refractivity contribution in [2.45, 2.75) is 25.6 Å². The Balaban J connectivity index is 1.89. The summed E-state index contributed by atoms with van der Waals surface area (Å²) >= 11 is 0. The Morgan fingerprint density at radius 3 is 2.56 bits per heavy atom. The van der Waals surface area contributed by atoms with Crippen LogP contribution in [0, 0.1) is 5.92 Å². The maximum atomic E-state index is 12.9. The van der Waals surface area contributed by atoms with Crippen LogP contribution in [-0.4, -0.2) is 65.2 Å². The maximum absolute atomic E-state index is 12.9. The van der Waals surface area contributed by atoms with E-state index in [-0.39, 0.29) is 18.0 Å². The Morgan fingerprint density at radius 2 is 1.97 bits per heavy atom. The molecule has 1 amide bonds. The molecule has 0 bridgehead atoms. The van der Waals surface area contributed by atoms with Crippen LogP contribution in [0.15, 0.2) is 46.7 Å². The average molecular weight is 471 g/mol. The molecular formula is C20H22F3N4O4S+. The number of fused-ring (bicyclic) bond motifs is 1. The summed E-state index contributed by atoms with van der Waals surface area (Å²) in [5.41, 5.74) is -2.00. The van der Waals surface area contributed by atoms with Crippen molar-refractivity contribution in [2.24, 2.45) is 11.0 Å². The molecule has 2 heterocycles. The van der Waals surface area contributed by atoms with Gasteiger partial charge in [0.25, 0.3) is 5.91 Å². The van der Waals surface area contributed by atoms with Gasteiger partial charge in [-0.15, -0.1) is 0 Å². The van der Waals surface area contributed by atoms with Crippen molar-refractivity contribution in [2.75, 3.05) is 18.6 Å². The van der Waals surface area contributed by atoms with E-state index in [0.717, 1.165) is 24.5 Å². The Morgan fingerprint density at radius 1 is 1.28 bits per heavy atom. The number of aromatic nitrogens is 1. The number of pyridine rings is 1. The number of hydrogen-bond donors (Lipinski definition) is 2. The zero-order valence-corrected chi connectivity index (χ0v) is 18.3. The summed E-state index contributed by atoms with van der Waals surface area (Å²) in [5, 5.41) is 17.4. The van der Waals surface area contributed by atoms with Crippen LogP contribution in [0.4, 0.5) is 13.2 Å². The zero-order valence-electron chi connectivity index (χ0n) is 17.5. The average Bonchev–Trinajstić information content (AvgIpc) is 3.06. The topological polar surface area (TPSA) is 112 Å². The number of nitrogens with zero attached hydrogens (tertiary/aromatic N) is 3. The van der Waals surface area contributed by atoms with Gasteiger partial charge in [0.05, 0.1) is 5.60 Å². The molecule has 2 N–H and O–H groups in total. The number of carbonyl (C=O) groups is 1. The minimum absolute atomic E-state index is 0.108. The second-order valence-electron chi connectivity index (χ2n) is 8.05. The molecule has 2 aliphatic rings. The fourth-order valence-corrected chi connectivity index (χ4v) is 3.68. The highest BCUT2D eigenvalue weighted by Gasteiger charge is 2.36. The lowest BCUT2D eigenvalue weighted by molar-refractivity contribution is -0.521. The summed E-state index contributed by atoms with van der Waals surface area (Å²) in [6, 6.07) is 3.00. The number of amides is 1. The fraction of sp³-hybridized carbons (Fsp3) is 0.400. The number of allylic oxidation sites excluding steroid dienone is 2. The van der Waals surface area contributed by atoms with E-state index < -0.39 is 44.8 Å². The summed E-state index contributed by atoms with van der Waals surface area (Å²) < 4.78 is 63.1. The third-order valence-electron chi connectivity index (χ3n) is 4.72. The molecule has 0 aromatic carbocycles. The van der Waals surface area contributed by atoms with Gasteiger partial charge in [-0.1, -0.05) is 10.8 Å². The smallest absolute Gasteiger partial charge is 0.386 e. The molecular weight excluding hydrogens is 449 g/mol. The number of hydrogen-bond acceptors (Lipinski definition) is 6. The number of halogens is 3. The molecule has 1 aromatic rings. The van der Waals surface area contributed by atoms with E-state index in [1.807, 2.05) is 0 Å². The lowest BCUT2D eigenvalue weighted by atomic mass is 9.85. The Labute approximate surface area is 182 Å². The number of rotatable bonds is 6. The summed E-state index contributed by atoms with van der Waals surface area (Å²) in [6.45, 7) is 3.11. The first kappa shape index (κ1) is 23.8. The third kappa shape index (κ3) is 5.68. The first-order valence-corrected chi connectivity index (χ1v) is 11.6. The predicted molar refractivity (Wildman–Crippen MR) is 111 cm³/mol. The molecule has 32 heavy (non-hydrogen) atoms. The van der Waals surface area contributed by atoms with Crippen LogP contribution >= 0.6 is 0 Å². The quantitative estimate of drug-likeness (QED) is 0.612. The van der Waals surface area contributed by atoms with E-state index in [9.17, 15) is 31.5 Å². The normalized spacial score (nSPS) is 18.9. The van der Waals surface area contributed by atoms with Crippen molar-refractivity contribution in [3.05, 3.63) is 53.0 Å². The van der Waals surface area contributed by atoms with Gasteiger partial charge in [0.1, 0.15) is 28.8 Å². The van der Waals surface area contributed by atoms with Crippen molar-refractivity contribution in [1.29, 1.82) is 0 Å². The SMILES string of the molecule is CC(C)(O)C1=CC2=N[N+](CCS(C)(=O)=O)=CC2C=C1NC(=O)c1cccc(C(F)(F)F)n1. The second-order valence-corrected chi connectivity index (χ2v) is 10.3. The molecule has 0 spiro atoms. The van der Waals surface area contributed by atoms with Crippen molar-refractivity contribution in [3.8, 4) is 0 Å². The Hall–Kier alpha value is -2.86. The molecule has 0 radical (unpaired) electrons. The number of hydrazone groups is 1. The van der Waals surface area contributed by atoms with Crippen molar-refractivity contribution in [1.82, 2.24) is 10.3 Å². The van der Waals surface area contributed by atoms with E-state index in [1.54, 1.807) is 18.4 Å². The largest absolute Gasteiger partial charge is 0.433 e. The summed E-state index contributed by atoms with van der Waals surface area (Å²) in [4.78, 5) is 16.0. The number of carbonyl (C=O) groups excluding carboxylic acids is 1. The second kappa shape index (κ2) is 8.24. The Bertz CT molecular complexity index is 1180. The molecule has 0 saturated carbocycles. The van der Waals surface area contributed by atoms with Gasteiger partial charge in [0.15, 0.2) is 22.6 Å². The van der Waals surface area contributed by atoms with Gasteiger partial charge < -0.3 is 10.4 Å². The van der Waals surface area contributed by atoms with Crippen LogP contribution in [0.1, 0.15) is 30.0 Å². The highest BCUT2D eigenvalue weighted by Crippen LogP contribution is 2.30. The molecule has 8 nitrogen and oxygen atoms in total. The van der Waals surface area contributed by atoms with E-state index in [1.165, 1.54) is 18.5 Å². The van der Waals surface area contributed by atoms with Gasteiger partial charge in [-0.25, -0.2) is 13.4 Å². The molecule has 12 heteroatoms. The van der Waals surface area contributed by atoms with Gasteiger partial charge in [-0.3, -0.25) is 4.79 Å². The first-order valence-electron chi connectivity index (χ1n) is 9.54. The van der Waals surface area contributed by atoms with E-state index >= 15 is 0 Å². The lowest BCUT2D eigenvalue weighted by Crippen LogP contribution is -2.35. The maximum Gasteiger partial charge on any atom is 0.433 e. The van der Waals surface area contributed by atoms with Crippen LogP contribution < -0.4 is 5.32 Å². The molecule has 172 valence electrons. The molecule has 1 unspecified atom stereocenters. The molecule has 1 aliphatic carbocycles. The van der Waals surface area contributed by atoms with Gasteiger partial charge in [0.2, 0.25) is 0 Å². The predicted octanol–water partition coefficient (Wildman–Crippen LogP) is 1.54. The lowest BCUT2D eigenvalue weighted by Gasteiger charge is -2.27. The molecule has 0 saturated heterocycles. The summed E-state index contributed by atoms with van der Waals surface area (Å²) in [7, 11) is -3.20. The number of nitrogens with one attached hydrogen (secondary N) is 1. The fourth-order valence-electron chi connectivity index (χ4n) is 3.16. The van der Waals surface area contributed by atoms with Crippen molar-refractivity contribution in [3.63, 3.8) is 0 Å². The third-order valence-corrected chi connectivity index (χ3v) is 5.64. The molecule has 1 aromatic heterocycles. The van der Waals surface area contributed by atoms with Gasteiger partial charge >= 0.3 is 6.18 Å². The van der Waals surface area contributed by atoms with Gasteiger partial charge in [-0.2, -0.15) is 13.2 Å². The number of sulfone groups is 1.